The van der Waals surface area contributed by atoms with Crippen LogP contribution in [0, 0.1) is 6.92 Å². The van der Waals surface area contributed by atoms with Crippen molar-refractivity contribution < 1.29 is 0 Å². The summed E-state index contributed by atoms with van der Waals surface area (Å²) in [6.45, 7) is 3.81. The molecule has 0 spiro atoms. The highest BCUT2D eigenvalue weighted by Crippen LogP contribution is 2.16. The maximum atomic E-state index is 5.78. The summed E-state index contributed by atoms with van der Waals surface area (Å²) in [6, 6.07) is 0. The first-order valence-electron chi connectivity index (χ1n) is 4.46. The van der Waals surface area contributed by atoms with E-state index in [-0.39, 0.29) is 5.28 Å². The van der Waals surface area contributed by atoms with E-state index < -0.39 is 0 Å². The number of aromatic nitrogens is 3. The Bertz CT molecular complexity index is 307. The van der Waals surface area contributed by atoms with Gasteiger partial charge in [-0.1, -0.05) is 0 Å². The lowest BCUT2D eigenvalue weighted by atomic mass is 10.5. The minimum atomic E-state index is 0.283. The summed E-state index contributed by atoms with van der Waals surface area (Å²) < 4.78 is 0. The molecule has 0 N–H and O–H groups in total. The predicted molar refractivity (Wildman–Crippen MR) is 59.1 cm³/mol. The van der Waals surface area contributed by atoms with E-state index in [0.29, 0.717) is 11.8 Å². The largest absolute Gasteiger partial charge is 0.339 e. The Labute approximate surface area is 92.1 Å². The van der Waals surface area contributed by atoms with Gasteiger partial charge in [0.15, 0.2) is 0 Å². The first-order valence-corrected chi connectivity index (χ1v) is 6.00. The number of rotatable bonds is 1. The van der Waals surface area contributed by atoms with Gasteiger partial charge in [-0.05, 0) is 18.5 Å². The van der Waals surface area contributed by atoms with Crippen molar-refractivity contribution in [3.8, 4) is 0 Å². The van der Waals surface area contributed by atoms with Crippen LogP contribution in [0.5, 0.6) is 0 Å². The van der Waals surface area contributed by atoms with Crippen LogP contribution in [0.15, 0.2) is 0 Å². The van der Waals surface area contributed by atoms with Gasteiger partial charge < -0.3 is 4.90 Å². The van der Waals surface area contributed by atoms with Gasteiger partial charge in [-0.3, -0.25) is 0 Å². The molecule has 1 fully saturated rings. The van der Waals surface area contributed by atoms with Crippen molar-refractivity contribution in [3.63, 3.8) is 0 Å². The van der Waals surface area contributed by atoms with Crippen LogP contribution in [0.2, 0.25) is 5.28 Å². The third-order valence-corrected chi connectivity index (χ3v) is 3.11. The molecule has 2 heterocycles. The van der Waals surface area contributed by atoms with Crippen molar-refractivity contribution in [1.82, 2.24) is 15.0 Å². The summed E-state index contributed by atoms with van der Waals surface area (Å²) in [5, 5.41) is 0.283. The molecule has 0 atom stereocenters. The van der Waals surface area contributed by atoms with Crippen LogP contribution < -0.4 is 4.90 Å². The molecule has 76 valence electrons. The second-order valence-corrected chi connectivity index (χ2v) is 4.61. The standard InChI is InChI=1S/C8H11ClN4S/c1-6-10-7(9)12-8(11-6)13-2-4-14-5-3-13/h2-5H2,1H3. The molecule has 14 heavy (non-hydrogen) atoms. The molecule has 6 heteroatoms. The Kier molecular flexibility index (Phi) is 3.08. The molecule has 1 aliphatic heterocycles. The summed E-state index contributed by atoms with van der Waals surface area (Å²) in [5.74, 6) is 3.64. The van der Waals surface area contributed by atoms with Crippen molar-refractivity contribution in [2.24, 2.45) is 0 Å². The van der Waals surface area contributed by atoms with E-state index in [1.165, 1.54) is 0 Å². The molecule has 2 rings (SSSR count). The third-order valence-electron chi connectivity index (χ3n) is 2.00. The zero-order valence-electron chi connectivity index (χ0n) is 7.90. The average molecular weight is 231 g/mol. The topological polar surface area (TPSA) is 41.9 Å². The normalized spacial score (nSPS) is 17.1. The summed E-state index contributed by atoms with van der Waals surface area (Å²) in [4.78, 5) is 14.5. The number of halogens is 1. The summed E-state index contributed by atoms with van der Waals surface area (Å²) >= 11 is 7.73. The highest BCUT2D eigenvalue weighted by Gasteiger charge is 2.14. The van der Waals surface area contributed by atoms with E-state index in [9.17, 15) is 0 Å². The average Bonchev–Trinajstić information content (AvgIpc) is 2.18. The molecule has 0 bridgehead atoms. The number of thioether (sulfide) groups is 1. The summed E-state index contributed by atoms with van der Waals surface area (Å²) in [6.07, 6.45) is 0. The first kappa shape index (κ1) is 9.98. The molecule has 0 radical (unpaired) electrons. The maximum Gasteiger partial charge on any atom is 0.229 e. The fourth-order valence-corrected chi connectivity index (χ4v) is 2.44. The van der Waals surface area contributed by atoms with Crippen molar-refractivity contribution in [2.45, 2.75) is 6.92 Å². The molecule has 4 nitrogen and oxygen atoms in total. The van der Waals surface area contributed by atoms with E-state index in [1.807, 2.05) is 18.7 Å². The van der Waals surface area contributed by atoms with Crippen LogP contribution >= 0.6 is 23.4 Å². The lowest BCUT2D eigenvalue weighted by Gasteiger charge is -2.26. The van der Waals surface area contributed by atoms with Crippen LogP contribution in [0.25, 0.3) is 0 Å². The fourth-order valence-electron chi connectivity index (χ4n) is 1.34. The minimum Gasteiger partial charge on any atom is -0.339 e. The van der Waals surface area contributed by atoms with E-state index >= 15 is 0 Å². The van der Waals surface area contributed by atoms with Crippen LogP contribution in [-0.4, -0.2) is 39.5 Å². The van der Waals surface area contributed by atoms with E-state index in [0.717, 1.165) is 24.6 Å². The number of hydrogen-bond acceptors (Lipinski definition) is 5. The van der Waals surface area contributed by atoms with Gasteiger partial charge in [0.1, 0.15) is 5.82 Å². The van der Waals surface area contributed by atoms with Crippen molar-refractivity contribution in [3.05, 3.63) is 11.1 Å². The first-order chi connectivity index (χ1) is 6.75. The summed E-state index contributed by atoms with van der Waals surface area (Å²) in [7, 11) is 0. The zero-order chi connectivity index (χ0) is 9.97. The Morgan fingerprint density at radius 2 is 1.93 bits per heavy atom. The van der Waals surface area contributed by atoms with Crippen molar-refractivity contribution >= 4 is 29.3 Å². The quantitative estimate of drug-likeness (QED) is 0.729. The van der Waals surface area contributed by atoms with Gasteiger partial charge in [-0.15, -0.1) is 0 Å². The van der Waals surface area contributed by atoms with Crippen LogP contribution in [-0.2, 0) is 0 Å². The molecular weight excluding hydrogens is 220 g/mol. The van der Waals surface area contributed by atoms with E-state index in [1.54, 1.807) is 0 Å². The summed E-state index contributed by atoms with van der Waals surface area (Å²) in [5.41, 5.74) is 0. The van der Waals surface area contributed by atoms with Crippen LogP contribution in [0.1, 0.15) is 5.82 Å². The molecule has 0 amide bonds. The number of nitrogens with zero attached hydrogens (tertiary/aromatic N) is 4. The minimum absolute atomic E-state index is 0.283. The molecule has 1 aromatic heterocycles. The van der Waals surface area contributed by atoms with Gasteiger partial charge in [0, 0.05) is 24.6 Å². The number of anilines is 1. The lowest BCUT2D eigenvalue weighted by molar-refractivity contribution is 0.797. The smallest absolute Gasteiger partial charge is 0.229 e. The Morgan fingerprint density at radius 3 is 2.57 bits per heavy atom. The van der Waals surface area contributed by atoms with Crippen LogP contribution in [0.3, 0.4) is 0 Å². The van der Waals surface area contributed by atoms with Gasteiger partial charge in [0.25, 0.3) is 0 Å². The van der Waals surface area contributed by atoms with Crippen molar-refractivity contribution in [1.29, 1.82) is 0 Å². The van der Waals surface area contributed by atoms with E-state index in [4.69, 9.17) is 11.6 Å². The van der Waals surface area contributed by atoms with Gasteiger partial charge in [0.2, 0.25) is 11.2 Å². The molecule has 0 unspecified atom stereocenters. The zero-order valence-corrected chi connectivity index (χ0v) is 9.48. The fraction of sp³-hybridized carbons (Fsp3) is 0.625. The Morgan fingerprint density at radius 1 is 1.21 bits per heavy atom. The Balaban J connectivity index is 2.21. The van der Waals surface area contributed by atoms with Gasteiger partial charge in [-0.25, -0.2) is 4.98 Å². The van der Waals surface area contributed by atoms with E-state index in [2.05, 4.69) is 19.9 Å². The maximum absolute atomic E-state index is 5.78. The highest BCUT2D eigenvalue weighted by atomic mass is 35.5. The Hall–Kier alpha value is -0.550. The molecule has 0 aliphatic carbocycles. The second kappa shape index (κ2) is 4.31. The van der Waals surface area contributed by atoms with Crippen molar-refractivity contribution in [2.75, 3.05) is 29.5 Å². The van der Waals surface area contributed by atoms with Gasteiger partial charge >= 0.3 is 0 Å². The molecule has 1 aliphatic rings. The monoisotopic (exact) mass is 230 g/mol. The third kappa shape index (κ3) is 2.27. The second-order valence-electron chi connectivity index (χ2n) is 3.05. The van der Waals surface area contributed by atoms with Gasteiger partial charge in [-0.2, -0.15) is 21.7 Å². The molecule has 1 saturated heterocycles. The van der Waals surface area contributed by atoms with Crippen LogP contribution in [0.4, 0.5) is 5.95 Å². The number of aryl methyl sites for hydroxylation is 1. The SMILES string of the molecule is Cc1nc(Cl)nc(N2CCSCC2)n1. The molecule has 0 aromatic carbocycles. The molecule has 1 aromatic rings. The highest BCUT2D eigenvalue weighted by molar-refractivity contribution is 7.99. The molecular formula is C8H11ClN4S. The number of hydrogen-bond donors (Lipinski definition) is 0. The predicted octanol–water partition coefficient (Wildman–Crippen LogP) is 1.39. The molecule has 0 saturated carbocycles. The van der Waals surface area contributed by atoms with Gasteiger partial charge in [0.05, 0.1) is 0 Å². The lowest BCUT2D eigenvalue weighted by Crippen LogP contribution is -2.34.